The number of fused-ring (bicyclic) bond motifs is 4. The zero-order valence-electron chi connectivity index (χ0n) is 29.0. The topological polar surface area (TPSA) is 133 Å². The summed E-state index contributed by atoms with van der Waals surface area (Å²) in [7, 11) is 0. The van der Waals surface area contributed by atoms with E-state index in [0.717, 1.165) is 22.0 Å². The van der Waals surface area contributed by atoms with Crippen LogP contribution in [0.25, 0.3) is 5.00 Å². The Morgan fingerprint density at radius 3 is 2.52 bits per heavy atom. The first-order valence-corrected chi connectivity index (χ1v) is 18.7. The molecule has 0 spiro atoms. The summed E-state index contributed by atoms with van der Waals surface area (Å²) in [4.78, 5) is 57.7. The molecule has 15 heteroatoms. The van der Waals surface area contributed by atoms with Gasteiger partial charge in [0.1, 0.15) is 22.7 Å². The van der Waals surface area contributed by atoms with Gasteiger partial charge in [-0.05, 0) is 68.1 Å². The van der Waals surface area contributed by atoms with E-state index in [4.69, 9.17) is 11.6 Å². The zero-order chi connectivity index (χ0) is 36.4. The van der Waals surface area contributed by atoms with Crippen molar-refractivity contribution in [3.63, 3.8) is 0 Å². The third-order valence-corrected chi connectivity index (χ3v) is 12.3. The van der Waals surface area contributed by atoms with E-state index in [1.165, 1.54) is 21.4 Å². The molecule has 270 valence electrons. The number of hydrogen-bond acceptors (Lipinski definition) is 9. The molecule has 4 aliphatic heterocycles. The molecular formula is C37H38ClFN8O4S. The number of hydrogen-bond donors (Lipinski definition) is 2. The van der Waals surface area contributed by atoms with Gasteiger partial charge in [-0.25, -0.2) is 4.39 Å². The number of halogens is 2. The van der Waals surface area contributed by atoms with Gasteiger partial charge in [-0.2, -0.15) is 0 Å². The molecule has 52 heavy (non-hydrogen) atoms. The molecule has 2 N–H and O–H groups in total. The summed E-state index contributed by atoms with van der Waals surface area (Å²) >= 11 is 7.96. The summed E-state index contributed by atoms with van der Waals surface area (Å²) < 4.78 is 17.5. The lowest BCUT2D eigenvalue weighted by Gasteiger charge is -2.35. The lowest BCUT2D eigenvalue weighted by molar-refractivity contribution is -0.137. The zero-order valence-corrected chi connectivity index (χ0v) is 30.6. The number of aromatic nitrogens is 3. The SMILES string of the molecule is Cc1sc2c(c1C)[C@H](c1ccc(Cl)cc1)NC(CC(=O)N1CCN(Cc3cc4c(cc3F)C(=O)N(C3CCC(=O)NC3=O)C4)CC1)c1nnc(C)n1-2. The third-order valence-electron chi connectivity index (χ3n) is 10.8. The van der Waals surface area contributed by atoms with Crippen LogP contribution in [0.1, 0.15) is 86.0 Å². The Bertz CT molecular complexity index is 2130. The predicted molar refractivity (Wildman–Crippen MR) is 192 cm³/mol. The first-order valence-electron chi connectivity index (χ1n) is 17.5. The molecule has 4 aliphatic rings. The van der Waals surface area contributed by atoms with Gasteiger partial charge in [0, 0.05) is 78.7 Å². The maximum atomic E-state index is 15.4. The van der Waals surface area contributed by atoms with Crippen molar-refractivity contribution in [1.82, 2.24) is 40.1 Å². The third kappa shape index (κ3) is 6.10. The van der Waals surface area contributed by atoms with E-state index in [1.54, 1.807) is 17.4 Å². The average molecular weight is 745 g/mol. The van der Waals surface area contributed by atoms with Crippen molar-refractivity contribution < 1.29 is 23.6 Å². The number of thiophene rings is 1. The molecule has 3 atom stereocenters. The lowest BCUT2D eigenvalue weighted by atomic mass is 9.96. The van der Waals surface area contributed by atoms with Crippen molar-refractivity contribution in [1.29, 1.82) is 0 Å². The number of benzene rings is 2. The molecule has 0 aliphatic carbocycles. The molecule has 2 fully saturated rings. The van der Waals surface area contributed by atoms with E-state index < -0.39 is 29.7 Å². The molecule has 12 nitrogen and oxygen atoms in total. The lowest BCUT2D eigenvalue weighted by Crippen LogP contribution is -2.52. The summed E-state index contributed by atoms with van der Waals surface area (Å²) in [6, 6.07) is 9.41. The van der Waals surface area contributed by atoms with Gasteiger partial charge in [-0.1, -0.05) is 23.7 Å². The Labute approximate surface area is 308 Å². The fraction of sp³-hybridized carbons (Fsp3) is 0.405. The molecule has 6 heterocycles. The van der Waals surface area contributed by atoms with Gasteiger partial charge in [0.2, 0.25) is 17.7 Å². The highest BCUT2D eigenvalue weighted by Gasteiger charge is 2.40. The van der Waals surface area contributed by atoms with Crippen molar-refractivity contribution in [2.45, 2.75) is 71.2 Å². The standard InChI is InChI=1S/C37H38ClFN8O4S/c1-19-20(2)52-37-32(19)33(22-4-6-25(38)7-5-22)40-28(34-43-42-21(3)47(34)37)16-31(49)45-12-10-44(11-13-45)17-24-14-23-18-46(36(51)26(23)15-27(24)39)29-8-9-30(48)41-35(29)50/h4-7,14-15,28-29,33,40H,8-13,16-18H2,1-3H3,(H,41,48,50)/t28?,29?,33-/m0/s1. The summed E-state index contributed by atoms with van der Waals surface area (Å²) in [6.45, 7) is 8.76. The molecule has 8 rings (SSSR count). The number of nitrogens with zero attached hydrogens (tertiary/aromatic N) is 6. The smallest absolute Gasteiger partial charge is 0.255 e. The van der Waals surface area contributed by atoms with Crippen LogP contribution in [-0.4, -0.2) is 85.3 Å². The highest BCUT2D eigenvalue weighted by molar-refractivity contribution is 7.14. The maximum absolute atomic E-state index is 15.4. The molecule has 2 unspecified atom stereocenters. The van der Waals surface area contributed by atoms with Crippen molar-refractivity contribution >= 4 is 46.6 Å². The minimum absolute atomic E-state index is 0.00636. The average Bonchev–Trinajstić information content (AvgIpc) is 3.72. The first kappa shape index (κ1) is 34.6. The van der Waals surface area contributed by atoms with E-state index in [-0.39, 0.29) is 49.2 Å². The minimum Gasteiger partial charge on any atom is -0.340 e. The van der Waals surface area contributed by atoms with Crippen LogP contribution in [0.15, 0.2) is 36.4 Å². The second kappa shape index (κ2) is 13.5. The molecule has 0 radical (unpaired) electrons. The van der Waals surface area contributed by atoms with Crippen molar-refractivity contribution in [2.24, 2.45) is 0 Å². The monoisotopic (exact) mass is 744 g/mol. The molecular weight excluding hydrogens is 707 g/mol. The number of amides is 4. The Kier molecular flexibility index (Phi) is 8.97. The number of carbonyl (C=O) groups excluding carboxylic acids is 4. The van der Waals surface area contributed by atoms with E-state index in [2.05, 4.69) is 44.1 Å². The van der Waals surface area contributed by atoms with Crippen molar-refractivity contribution in [3.8, 4) is 5.00 Å². The Morgan fingerprint density at radius 1 is 1.04 bits per heavy atom. The van der Waals surface area contributed by atoms with Gasteiger partial charge in [0.05, 0.1) is 12.1 Å². The maximum Gasteiger partial charge on any atom is 0.255 e. The number of imide groups is 1. The van der Waals surface area contributed by atoms with Crippen LogP contribution < -0.4 is 10.6 Å². The van der Waals surface area contributed by atoms with Crippen LogP contribution in [0.5, 0.6) is 0 Å². The summed E-state index contributed by atoms with van der Waals surface area (Å²) in [5.41, 5.74) is 4.74. The largest absolute Gasteiger partial charge is 0.340 e. The number of rotatable bonds is 6. The Balaban J connectivity index is 0.950. The van der Waals surface area contributed by atoms with Crippen molar-refractivity contribution in [2.75, 3.05) is 26.2 Å². The highest BCUT2D eigenvalue weighted by atomic mass is 35.5. The van der Waals surface area contributed by atoms with Gasteiger partial charge in [-0.15, -0.1) is 21.5 Å². The van der Waals surface area contributed by atoms with E-state index in [9.17, 15) is 19.2 Å². The Morgan fingerprint density at radius 2 is 1.79 bits per heavy atom. The number of piperazine rings is 1. The molecule has 2 saturated heterocycles. The van der Waals surface area contributed by atoms with Crippen molar-refractivity contribution in [3.05, 3.63) is 97.1 Å². The number of nitrogens with one attached hydrogen (secondary N) is 2. The van der Waals surface area contributed by atoms with Gasteiger partial charge in [0.25, 0.3) is 5.91 Å². The first-order chi connectivity index (χ1) is 25.0. The fourth-order valence-electron chi connectivity index (χ4n) is 7.88. The molecule has 2 aromatic carbocycles. The normalized spacial score (nSPS) is 21.9. The van der Waals surface area contributed by atoms with Gasteiger partial charge in [-0.3, -0.25) is 39.3 Å². The number of carbonyl (C=O) groups is 4. The molecule has 0 bridgehead atoms. The molecule has 0 saturated carbocycles. The number of piperidine rings is 1. The van der Waals surface area contributed by atoms with Gasteiger partial charge in [0.15, 0.2) is 5.82 Å². The van der Waals surface area contributed by atoms with Crippen LogP contribution in [0.2, 0.25) is 5.02 Å². The van der Waals surface area contributed by atoms with E-state index in [1.807, 2.05) is 36.1 Å². The van der Waals surface area contributed by atoms with Crippen LogP contribution >= 0.6 is 22.9 Å². The summed E-state index contributed by atoms with van der Waals surface area (Å²) in [6.07, 6.45) is 0.589. The van der Waals surface area contributed by atoms with Crippen LogP contribution in [0, 0.1) is 26.6 Å². The van der Waals surface area contributed by atoms with Gasteiger partial charge < -0.3 is 9.80 Å². The van der Waals surface area contributed by atoms with E-state index in [0.29, 0.717) is 54.7 Å². The second-order valence-corrected chi connectivity index (χ2v) is 15.6. The molecule has 4 aromatic rings. The van der Waals surface area contributed by atoms with Crippen LogP contribution in [0.4, 0.5) is 4.39 Å². The summed E-state index contributed by atoms with van der Waals surface area (Å²) in [5, 5.41) is 16.8. The highest BCUT2D eigenvalue weighted by Crippen LogP contribution is 2.43. The second-order valence-electron chi connectivity index (χ2n) is 14.0. The quantitative estimate of drug-likeness (QED) is 0.280. The van der Waals surface area contributed by atoms with Crippen LogP contribution in [-0.2, 0) is 27.5 Å². The van der Waals surface area contributed by atoms with E-state index >= 15 is 4.39 Å². The molecule has 4 amide bonds. The fourth-order valence-corrected chi connectivity index (χ4v) is 9.25. The Hall–Kier alpha value is -4.50. The van der Waals surface area contributed by atoms with Crippen LogP contribution in [0.3, 0.4) is 0 Å². The summed E-state index contributed by atoms with van der Waals surface area (Å²) in [5.74, 6) is -0.290. The molecule has 2 aromatic heterocycles. The van der Waals surface area contributed by atoms with Gasteiger partial charge >= 0.3 is 0 Å². The predicted octanol–water partition coefficient (Wildman–Crippen LogP) is 4.28. The minimum atomic E-state index is -0.757. The number of aryl methyl sites for hydroxylation is 2.